The van der Waals surface area contributed by atoms with Crippen LogP contribution in [0.25, 0.3) is 0 Å². The number of hydrogen-bond acceptors (Lipinski definition) is 6. The molecule has 1 aromatic carbocycles. The summed E-state index contributed by atoms with van der Waals surface area (Å²) < 4.78 is 0. The van der Waals surface area contributed by atoms with Gasteiger partial charge in [-0.3, -0.25) is 20.2 Å². The third-order valence-electron chi connectivity index (χ3n) is 3.57. The summed E-state index contributed by atoms with van der Waals surface area (Å²) in [6.45, 7) is 5.74. The molecule has 1 fully saturated rings. The van der Waals surface area contributed by atoms with Crippen LogP contribution in [0.1, 0.15) is 6.92 Å². The lowest BCUT2D eigenvalue weighted by atomic mass is 10.2. The number of anilines is 1. The maximum atomic E-state index is 11.2. The van der Waals surface area contributed by atoms with E-state index in [1.165, 1.54) is 0 Å². The van der Waals surface area contributed by atoms with Gasteiger partial charge in [-0.15, -0.1) is 0 Å². The predicted octanol–water partition coefficient (Wildman–Crippen LogP) is 2.30. The van der Waals surface area contributed by atoms with E-state index in [0.29, 0.717) is 13.1 Å². The van der Waals surface area contributed by atoms with Crippen LogP contribution in [0.2, 0.25) is 5.02 Å². The lowest BCUT2D eigenvalue weighted by Gasteiger charge is -2.35. The van der Waals surface area contributed by atoms with Crippen LogP contribution < -0.4 is 4.90 Å². The average molecular weight is 315 g/mol. The second-order valence-electron chi connectivity index (χ2n) is 4.73. The molecule has 1 saturated heterocycles. The van der Waals surface area contributed by atoms with E-state index in [1.54, 1.807) is 0 Å². The lowest BCUT2D eigenvalue weighted by Crippen LogP contribution is -2.46. The molecular formula is C12H15ClN4O4. The number of benzene rings is 1. The summed E-state index contributed by atoms with van der Waals surface area (Å²) in [5, 5.41) is 22.0. The molecule has 114 valence electrons. The molecule has 0 N–H and O–H groups in total. The summed E-state index contributed by atoms with van der Waals surface area (Å²) >= 11 is 6.06. The van der Waals surface area contributed by atoms with Crippen molar-refractivity contribution >= 4 is 28.7 Å². The van der Waals surface area contributed by atoms with Crippen molar-refractivity contribution in [2.75, 3.05) is 37.6 Å². The van der Waals surface area contributed by atoms with Gasteiger partial charge in [0.15, 0.2) is 0 Å². The van der Waals surface area contributed by atoms with Gasteiger partial charge in [0.2, 0.25) is 0 Å². The molecule has 0 aliphatic carbocycles. The average Bonchev–Trinajstić information content (AvgIpc) is 2.46. The zero-order valence-corrected chi connectivity index (χ0v) is 12.2. The highest BCUT2D eigenvalue weighted by atomic mass is 35.5. The minimum atomic E-state index is -0.683. The van der Waals surface area contributed by atoms with Gasteiger partial charge in [-0.1, -0.05) is 18.5 Å². The zero-order valence-electron chi connectivity index (χ0n) is 11.5. The van der Waals surface area contributed by atoms with Crippen molar-refractivity contribution in [3.05, 3.63) is 37.4 Å². The molecular weight excluding hydrogens is 300 g/mol. The van der Waals surface area contributed by atoms with Crippen LogP contribution in [0.4, 0.5) is 17.1 Å². The summed E-state index contributed by atoms with van der Waals surface area (Å²) in [6.07, 6.45) is 0. The number of nitro benzene ring substituents is 2. The Kier molecular flexibility index (Phi) is 4.59. The Labute approximate surface area is 126 Å². The van der Waals surface area contributed by atoms with Crippen LogP contribution in [0, 0.1) is 20.2 Å². The molecule has 1 heterocycles. The first-order valence-corrected chi connectivity index (χ1v) is 6.91. The van der Waals surface area contributed by atoms with Gasteiger partial charge in [0.05, 0.1) is 20.9 Å². The molecule has 21 heavy (non-hydrogen) atoms. The minimum Gasteiger partial charge on any atom is -0.362 e. The molecule has 0 saturated carbocycles. The van der Waals surface area contributed by atoms with Crippen molar-refractivity contribution in [1.29, 1.82) is 0 Å². The van der Waals surface area contributed by atoms with Crippen molar-refractivity contribution < 1.29 is 9.85 Å². The van der Waals surface area contributed by atoms with Crippen molar-refractivity contribution in [3.8, 4) is 0 Å². The highest BCUT2D eigenvalue weighted by Gasteiger charge is 2.29. The summed E-state index contributed by atoms with van der Waals surface area (Å²) in [6, 6.07) is 2.13. The Hall–Kier alpha value is -1.93. The van der Waals surface area contributed by atoms with Crippen molar-refractivity contribution in [2.45, 2.75) is 6.92 Å². The number of halogens is 1. The second-order valence-corrected chi connectivity index (χ2v) is 5.14. The third-order valence-corrected chi connectivity index (χ3v) is 3.86. The summed E-state index contributed by atoms with van der Waals surface area (Å²) in [4.78, 5) is 24.7. The third kappa shape index (κ3) is 3.22. The topological polar surface area (TPSA) is 92.8 Å². The van der Waals surface area contributed by atoms with Crippen molar-refractivity contribution in [2.24, 2.45) is 0 Å². The highest BCUT2D eigenvalue weighted by molar-refractivity contribution is 6.34. The van der Waals surface area contributed by atoms with Gasteiger partial charge in [0.1, 0.15) is 5.69 Å². The van der Waals surface area contributed by atoms with Gasteiger partial charge in [-0.05, 0) is 6.54 Å². The fraction of sp³-hybridized carbons (Fsp3) is 0.500. The summed E-state index contributed by atoms with van der Waals surface area (Å²) in [5.74, 6) is 0. The van der Waals surface area contributed by atoms with Gasteiger partial charge >= 0.3 is 5.69 Å². The molecule has 0 unspecified atom stereocenters. The molecule has 0 atom stereocenters. The predicted molar refractivity (Wildman–Crippen MR) is 79.1 cm³/mol. The fourth-order valence-electron chi connectivity index (χ4n) is 2.42. The second kappa shape index (κ2) is 6.23. The first-order valence-electron chi connectivity index (χ1n) is 6.53. The number of nitro groups is 2. The first kappa shape index (κ1) is 15.5. The number of likely N-dealkylation sites (N-methyl/N-ethyl adjacent to an activating group) is 1. The summed E-state index contributed by atoms with van der Waals surface area (Å²) in [5.41, 5.74) is -0.426. The molecule has 0 spiro atoms. The highest BCUT2D eigenvalue weighted by Crippen LogP contribution is 2.39. The molecule has 0 radical (unpaired) electrons. The number of non-ortho nitro benzene ring substituents is 1. The molecule has 0 amide bonds. The normalized spacial score (nSPS) is 16.0. The van der Waals surface area contributed by atoms with Crippen LogP contribution in [0.5, 0.6) is 0 Å². The molecule has 8 nitrogen and oxygen atoms in total. The van der Waals surface area contributed by atoms with Crippen molar-refractivity contribution in [3.63, 3.8) is 0 Å². The number of nitrogens with zero attached hydrogens (tertiary/aromatic N) is 4. The van der Waals surface area contributed by atoms with Crippen LogP contribution in [0.3, 0.4) is 0 Å². The van der Waals surface area contributed by atoms with Crippen LogP contribution >= 0.6 is 11.6 Å². The zero-order chi connectivity index (χ0) is 15.6. The van der Waals surface area contributed by atoms with Crippen LogP contribution in [-0.4, -0.2) is 47.5 Å². The van der Waals surface area contributed by atoms with Gasteiger partial charge in [-0.2, -0.15) is 0 Å². The van der Waals surface area contributed by atoms with Crippen LogP contribution in [0.15, 0.2) is 12.1 Å². The first-order chi connectivity index (χ1) is 9.93. The molecule has 2 rings (SSSR count). The number of piperazine rings is 1. The molecule has 1 aromatic rings. The SMILES string of the molecule is CCN1CCN(c2c(Cl)cc([N+](=O)[O-])cc2[N+](=O)[O-])CC1. The van der Waals surface area contributed by atoms with E-state index >= 15 is 0 Å². The summed E-state index contributed by atoms with van der Waals surface area (Å²) in [7, 11) is 0. The minimum absolute atomic E-state index is 0.0425. The maximum Gasteiger partial charge on any atom is 0.300 e. The molecule has 9 heteroatoms. The number of hydrogen-bond donors (Lipinski definition) is 0. The Balaban J connectivity index is 2.39. The largest absolute Gasteiger partial charge is 0.362 e. The number of rotatable bonds is 4. The van der Waals surface area contributed by atoms with E-state index in [4.69, 9.17) is 11.6 Å². The Morgan fingerprint density at radius 1 is 1.14 bits per heavy atom. The molecule has 1 aliphatic heterocycles. The van der Waals surface area contributed by atoms with E-state index in [2.05, 4.69) is 11.8 Å². The smallest absolute Gasteiger partial charge is 0.300 e. The van der Waals surface area contributed by atoms with Gasteiger partial charge in [0, 0.05) is 32.2 Å². The van der Waals surface area contributed by atoms with E-state index in [1.807, 2.05) is 4.90 Å². The Morgan fingerprint density at radius 2 is 1.76 bits per heavy atom. The van der Waals surface area contributed by atoms with Crippen molar-refractivity contribution in [1.82, 2.24) is 4.90 Å². The van der Waals surface area contributed by atoms with E-state index < -0.39 is 9.85 Å². The molecule has 0 bridgehead atoms. The van der Waals surface area contributed by atoms with E-state index in [0.717, 1.165) is 31.8 Å². The maximum absolute atomic E-state index is 11.2. The van der Waals surface area contributed by atoms with Gasteiger partial charge < -0.3 is 9.80 Å². The quantitative estimate of drug-likeness (QED) is 0.625. The van der Waals surface area contributed by atoms with E-state index in [-0.39, 0.29) is 22.1 Å². The monoisotopic (exact) mass is 314 g/mol. The van der Waals surface area contributed by atoms with E-state index in [9.17, 15) is 20.2 Å². The fourth-order valence-corrected chi connectivity index (χ4v) is 2.74. The van der Waals surface area contributed by atoms with Crippen LogP contribution in [-0.2, 0) is 0 Å². The lowest BCUT2D eigenvalue weighted by molar-refractivity contribution is -0.393. The standard InChI is InChI=1S/C12H15ClN4O4/c1-2-14-3-5-15(6-4-14)12-10(13)7-9(16(18)19)8-11(12)17(20)21/h7-8H,2-6H2,1H3. The Bertz CT molecular complexity index is 573. The Morgan fingerprint density at radius 3 is 2.24 bits per heavy atom. The molecule has 1 aliphatic rings. The van der Waals surface area contributed by atoms with Gasteiger partial charge in [0.25, 0.3) is 5.69 Å². The van der Waals surface area contributed by atoms with Gasteiger partial charge in [-0.25, -0.2) is 0 Å². The molecule has 0 aromatic heterocycles.